The zero-order chi connectivity index (χ0) is 17.4. The van der Waals surface area contributed by atoms with Crippen molar-refractivity contribution < 1.29 is 4.79 Å². The first-order chi connectivity index (χ1) is 12.1. The van der Waals surface area contributed by atoms with Crippen LogP contribution in [0.2, 0.25) is 0 Å². The minimum absolute atomic E-state index is 0.141. The third kappa shape index (κ3) is 3.07. The van der Waals surface area contributed by atoms with Gasteiger partial charge in [-0.25, -0.2) is 0 Å². The largest absolute Gasteiger partial charge is 0.350 e. The summed E-state index contributed by atoms with van der Waals surface area (Å²) in [6.07, 6.45) is 2.13. The molecule has 1 N–H and O–H groups in total. The predicted molar refractivity (Wildman–Crippen MR) is 102 cm³/mol. The minimum Gasteiger partial charge on any atom is -0.350 e. The molecule has 1 amide bonds. The number of carbonyl (C=O) groups excluding carboxylic acids is 1. The molecule has 0 saturated carbocycles. The first kappa shape index (κ1) is 15.9. The standard InChI is InChI=1S/C22H24N2O/c1-15-8-9-20-19(12-15)16(2)21(23-20)22(25)24-11-10-18(14-24)13-17-6-4-3-5-7-17/h3-9,12,18,23H,10-11,13-14H2,1-2H3. The van der Waals surface area contributed by atoms with Gasteiger partial charge in [0, 0.05) is 24.0 Å². The second kappa shape index (κ2) is 6.40. The van der Waals surface area contributed by atoms with E-state index >= 15 is 0 Å². The van der Waals surface area contributed by atoms with E-state index in [2.05, 4.69) is 54.4 Å². The van der Waals surface area contributed by atoms with Crippen LogP contribution in [0.25, 0.3) is 10.9 Å². The SMILES string of the molecule is Cc1ccc2[nH]c(C(=O)N3CCC(Cc4ccccc4)C3)c(C)c2c1. The predicted octanol–water partition coefficient (Wildman–Crippen LogP) is 4.49. The van der Waals surface area contributed by atoms with Gasteiger partial charge in [0.05, 0.1) is 0 Å². The minimum atomic E-state index is 0.141. The molecular weight excluding hydrogens is 308 g/mol. The van der Waals surface area contributed by atoms with Crippen LogP contribution < -0.4 is 0 Å². The molecule has 1 unspecified atom stereocenters. The number of aromatic nitrogens is 1. The Labute approximate surface area is 148 Å². The molecule has 1 aliphatic heterocycles. The topological polar surface area (TPSA) is 36.1 Å². The second-order valence-corrected chi connectivity index (χ2v) is 7.27. The zero-order valence-electron chi connectivity index (χ0n) is 14.9. The maximum absolute atomic E-state index is 13.0. The average Bonchev–Trinajstić information content (AvgIpc) is 3.21. The number of hydrogen-bond acceptors (Lipinski definition) is 1. The average molecular weight is 332 g/mol. The van der Waals surface area contributed by atoms with Crippen LogP contribution in [0.3, 0.4) is 0 Å². The van der Waals surface area contributed by atoms with Crippen molar-refractivity contribution in [2.75, 3.05) is 13.1 Å². The Hall–Kier alpha value is -2.55. The summed E-state index contributed by atoms with van der Waals surface area (Å²) in [5.41, 5.74) is 5.44. The van der Waals surface area contributed by atoms with Crippen LogP contribution >= 0.6 is 0 Å². The van der Waals surface area contributed by atoms with Crippen molar-refractivity contribution >= 4 is 16.8 Å². The number of amides is 1. The Balaban J connectivity index is 1.51. The van der Waals surface area contributed by atoms with Crippen molar-refractivity contribution in [3.8, 4) is 0 Å². The zero-order valence-corrected chi connectivity index (χ0v) is 14.9. The second-order valence-electron chi connectivity index (χ2n) is 7.27. The lowest BCUT2D eigenvalue weighted by Crippen LogP contribution is -2.29. The highest BCUT2D eigenvalue weighted by Gasteiger charge is 2.29. The summed E-state index contributed by atoms with van der Waals surface area (Å²) in [5, 5.41) is 1.16. The van der Waals surface area contributed by atoms with Crippen molar-refractivity contribution in [1.29, 1.82) is 0 Å². The molecule has 1 atom stereocenters. The molecule has 1 saturated heterocycles. The van der Waals surface area contributed by atoms with Gasteiger partial charge in [-0.3, -0.25) is 4.79 Å². The first-order valence-corrected chi connectivity index (χ1v) is 9.04. The van der Waals surface area contributed by atoms with E-state index in [1.807, 2.05) is 17.9 Å². The van der Waals surface area contributed by atoms with Gasteiger partial charge in [-0.05, 0) is 55.9 Å². The van der Waals surface area contributed by atoms with Crippen molar-refractivity contribution in [2.45, 2.75) is 26.7 Å². The molecule has 1 fully saturated rings. The number of aromatic amines is 1. The van der Waals surface area contributed by atoms with Crippen LogP contribution in [0.5, 0.6) is 0 Å². The molecule has 128 valence electrons. The van der Waals surface area contributed by atoms with E-state index in [0.29, 0.717) is 5.92 Å². The highest BCUT2D eigenvalue weighted by Crippen LogP contribution is 2.27. The van der Waals surface area contributed by atoms with Crippen LogP contribution in [0.4, 0.5) is 0 Å². The van der Waals surface area contributed by atoms with E-state index < -0.39 is 0 Å². The lowest BCUT2D eigenvalue weighted by molar-refractivity contribution is 0.0781. The fourth-order valence-corrected chi connectivity index (χ4v) is 3.94. The molecule has 25 heavy (non-hydrogen) atoms. The Morgan fingerprint density at radius 3 is 2.76 bits per heavy atom. The Kier molecular flexibility index (Phi) is 4.08. The number of nitrogens with one attached hydrogen (secondary N) is 1. The van der Waals surface area contributed by atoms with Crippen LogP contribution in [-0.2, 0) is 6.42 Å². The van der Waals surface area contributed by atoms with Crippen LogP contribution in [0.15, 0.2) is 48.5 Å². The summed E-state index contributed by atoms with van der Waals surface area (Å²) in [7, 11) is 0. The van der Waals surface area contributed by atoms with E-state index in [9.17, 15) is 4.79 Å². The molecule has 1 aromatic heterocycles. The monoisotopic (exact) mass is 332 g/mol. The maximum Gasteiger partial charge on any atom is 0.270 e. The molecule has 0 radical (unpaired) electrons. The molecule has 2 heterocycles. The van der Waals surface area contributed by atoms with Gasteiger partial charge in [-0.1, -0.05) is 42.0 Å². The number of H-pyrrole nitrogens is 1. The summed E-state index contributed by atoms with van der Waals surface area (Å²) in [6, 6.07) is 16.9. The van der Waals surface area contributed by atoms with Gasteiger partial charge in [-0.15, -0.1) is 0 Å². The number of aryl methyl sites for hydroxylation is 2. The normalized spacial score (nSPS) is 17.4. The summed E-state index contributed by atoms with van der Waals surface area (Å²) < 4.78 is 0. The number of hydrogen-bond donors (Lipinski definition) is 1. The van der Waals surface area contributed by atoms with Gasteiger partial charge in [0.15, 0.2) is 0 Å². The Morgan fingerprint density at radius 1 is 1.16 bits per heavy atom. The van der Waals surface area contributed by atoms with Crippen LogP contribution in [-0.4, -0.2) is 28.9 Å². The fourth-order valence-electron chi connectivity index (χ4n) is 3.94. The summed E-state index contributed by atoms with van der Waals surface area (Å²) in [4.78, 5) is 18.4. The van der Waals surface area contributed by atoms with Crippen LogP contribution in [0, 0.1) is 19.8 Å². The van der Waals surface area contributed by atoms with E-state index in [1.165, 1.54) is 11.1 Å². The van der Waals surface area contributed by atoms with Gasteiger partial charge in [0.25, 0.3) is 5.91 Å². The van der Waals surface area contributed by atoms with Gasteiger partial charge < -0.3 is 9.88 Å². The third-order valence-corrected chi connectivity index (χ3v) is 5.37. The molecule has 0 bridgehead atoms. The molecule has 3 aromatic rings. The summed E-state index contributed by atoms with van der Waals surface area (Å²) >= 11 is 0. The van der Waals surface area contributed by atoms with Gasteiger partial charge >= 0.3 is 0 Å². The number of rotatable bonds is 3. The van der Waals surface area contributed by atoms with E-state index in [0.717, 1.165) is 48.1 Å². The van der Waals surface area contributed by atoms with Crippen LogP contribution in [0.1, 0.15) is 33.6 Å². The molecule has 2 aromatic carbocycles. The van der Waals surface area contributed by atoms with Crippen molar-refractivity contribution in [2.24, 2.45) is 5.92 Å². The highest BCUT2D eigenvalue weighted by atomic mass is 16.2. The maximum atomic E-state index is 13.0. The molecule has 3 heteroatoms. The van der Waals surface area contributed by atoms with E-state index in [4.69, 9.17) is 0 Å². The molecule has 3 nitrogen and oxygen atoms in total. The van der Waals surface area contributed by atoms with Gasteiger partial charge in [0.1, 0.15) is 5.69 Å². The number of nitrogens with zero attached hydrogens (tertiary/aromatic N) is 1. The lowest BCUT2D eigenvalue weighted by Gasteiger charge is -2.16. The fraction of sp³-hybridized carbons (Fsp3) is 0.318. The number of benzene rings is 2. The summed E-state index contributed by atoms with van der Waals surface area (Å²) in [6.45, 7) is 5.83. The molecule has 1 aliphatic rings. The van der Waals surface area contributed by atoms with Crippen molar-refractivity contribution in [3.63, 3.8) is 0 Å². The van der Waals surface area contributed by atoms with E-state index in [1.54, 1.807) is 0 Å². The quantitative estimate of drug-likeness (QED) is 0.754. The number of likely N-dealkylation sites (tertiary alicyclic amines) is 1. The van der Waals surface area contributed by atoms with Gasteiger partial charge in [-0.2, -0.15) is 0 Å². The number of fused-ring (bicyclic) bond motifs is 1. The Morgan fingerprint density at radius 2 is 1.96 bits per heavy atom. The lowest BCUT2D eigenvalue weighted by atomic mass is 9.99. The van der Waals surface area contributed by atoms with Crippen molar-refractivity contribution in [3.05, 3.63) is 70.9 Å². The van der Waals surface area contributed by atoms with Gasteiger partial charge in [0.2, 0.25) is 0 Å². The third-order valence-electron chi connectivity index (χ3n) is 5.37. The highest BCUT2D eigenvalue weighted by molar-refractivity contribution is 6.01. The smallest absolute Gasteiger partial charge is 0.270 e. The Bertz CT molecular complexity index is 910. The molecule has 0 spiro atoms. The molecule has 4 rings (SSSR count). The van der Waals surface area contributed by atoms with E-state index in [-0.39, 0.29) is 5.91 Å². The summed E-state index contributed by atoms with van der Waals surface area (Å²) in [5.74, 6) is 0.695. The first-order valence-electron chi connectivity index (χ1n) is 9.04. The number of carbonyl (C=O) groups is 1. The molecule has 0 aliphatic carbocycles. The molecular formula is C22H24N2O. The van der Waals surface area contributed by atoms with Crippen molar-refractivity contribution in [1.82, 2.24) is 9.88 Å².